The first kappa shape index (κ1) is 11.7. The summed E-state index contributed by atoms with van der Waals surface area (Å²) in [5.74, 6) is 3.44. The second kappa shape index (κ2) is 3.16. The number of Topliss-reactive ketones (excluding diaryl/α,β-unsaturated/α-hetero) is 1. The minimum atomic E-state index is 0.242. The van der Waals surface area contributed by atoms with Crippen LogP contribution in [0.2, 0.25) is 0 Å². The van der Waals surface area contributed by atoms with Crippen molar-refractivity contribution >= 4 is 5.78 Å². The van der Waals surface area contributed by atoms with E-state index in [1.165, 1.54) is 19.3 Å². The summed E-state index contributed by atoms with van der Waals surface area (Å²) in [7, 11) is 0. The average Bonchev–Trinajstić information content (AvgIpc) is 2.58. The van der Waals surface area contributed by atoms with Crippen LogP contribution in [0.5, 0.6) is 0 Å². The minimum absolute atomic E-state index is 0.242. The molecule has 3 fully saturated rings. The Morgan fingerprint density at radius 1 is 1.18 bits per heavy atom. The molecule has 0 saturated heterocycles. The first-order valence-corrected chi connectivity index (χ1v) is 7.36. The van der Waals surface area contributed by atoms with Crippen LogP contribution in [0, 0.1) is 40.4 Å². The highest BCUT2D eigenvalue weighted by atomic mass is 16.1. The highest BCUT2D eigenvalue weighted by Gasteiger charge is 2.69. The van der Waals surface area contributed by atoms with E-state index in [1.807, 2.05) is 0 Å². The van der Waals surface area contributed by atoms with Crippen molar-refractivity contribution in [2.24, 2.45) is 40.4 Å². The fraction of sp³-hybridized carbons (Fsp3) is 0.938. The molecule has 1 spiro atoms. The molecule has 0 heterocycles. The van der Waals surface area contributed by atoms with Gasteiger partial charge in [0.15, 0.2) is 0 Å². The summed E-state index contributed by atoms with van der Waals surface area (Å²) in [6, 6.07) is 0. The standard InChI is InChI=1S/C16H26O/c1-9-6-7-16-8-12(9)15(4,5)14(16)13(17)10(2)11(16)3/h9-12,14H,6-8H2,1-5H3/t9-,10?,11-,12+,14+,16+/m1/s1. The summed E-state index contributed by atoms with van der Waals surface area (Å²) in [5.41, 5.74) is 0.614. The largest absolute Gasteiger partial charge is 0.299 e. The molecule has 0 N–H and O–H groups in total. The first-order valence-electron chi connectivity index (χ1n) is 7.36. The van der Waals surface area contributed by atoms with Crippen LogP contribution >= 0.6 is 0 Å². The molecule has 1 unspecified atom stereocenters. The highest BCUT2D eigenvalue weighted by Crippen LogP contribution is 2.72. The van der Waals surface area contributed by atoms with Crippen molar-refractivity contribution in [2.75, 3.05) is 0 Å². The van der Waals surface area contributed by atoms with Gasteiger partial charge < -0.3 is 0 Å². The second-order valence-corrected chi connectivity index (χ2v) is 7.79. The van der Waals surface area contributed by atoms with Gasteiger partial charge in [0, 0.05) is 11.8 Å². The summed E-state index contributed by atoms with van der Waals surface area (Å²) in [6.07, 6.45) is 3.97. The summed E-state index contributed by atoms with van der Waals surface area (Å²) in [6.45, 7) is 11.7. The Labute approximate surface area is 105 Å². The number of hydrogen-bond donors (Lipinski definition) is 0. The van der Waals surface area contributed by atoms with E-state index in [0.717, 1.165) is 11.8 Å². The fourth-order valence-electron chi connectivity index (χ4n) is 5.96. The molecule has 0 aromatic rings. The second-order valence-electron chi connectivity index (χ2n) is 7.79. The molecule has 6 atom stereocenters. The van der Waals surface area contributed by atoms with Crippen LogP contribution in [0.25, 0.3) is 0 Å². The van der Waals surface area contributed by atoms with Crippen molar-refractivity contribution in [3.05, 3.63) is 0 Å². The molecule has 1 heteroatoms. The smallest absolute Gasteiger partial charge is 0.140 e. The maximum absolute atomic E-state index is 12.7. The molecular weight excluding hydrogens is 208 g/mol. The van der Waals surface area contributed by atoms with Crippen LogP contribution < -0.4 is 0 Å². The zero-order chi connectivity index (χ0) is 12.6. The number of fused-ring (bicyclic) bond motifs is 1. The molecule has 0 radical (unpaired) electrons. The molecule has 3 saturated carbocycles. The normalized spacial score (nSPS) is 56.1. The van der Waals surface area contributed by atoms with E-state index in [9.17, 15) is 4.79 Å². The van der Waals surface area contributed by atoms with E-state index in [-0.39, 0.29) is 5.41 Å². The van der Waals surface area contributed by atoms with Gasteiger partial charge in [0.25, 0.3) is 0 Å². The average molecular weight is 234 g/mol. The van der Waals surface area contributed by atoms with Gasteiger partial charge in [-0.05, 0) is 47.8 Å². The lowest BCUT2D eigenvalue weighted by Crippen LogP contribution is -2.33. The number of rotatable bonds is 0. The fourth-order valence-corrected chi connectivity index (χ4v) is 5.96. The first-order chi connectivity index (χ1) is 7.82. The van der Waals surface area contributed by atoms with E-state index >= 15 is 0 Å². The summed E-state index contributed by atoms with van der Waals surface area (Å²) < 4.78 is 0. The van der Waals surface area contributed by atoms with Gasteiger partial charge in [-0.3, -0.25) is 4.79 Å². The van der Waals surface area contributed by atoms with Crippen LogP contribution in [-0.2, 0) is 4.79 Å². The topological polar surface area (TPSA) is 17.1 Å². The van der Waals surface area contributed by atoms with Crippen molar-refractivity contribution < 1.29 is 4.79 Å². The zero-order valence-electron chi connectivity index (χ0n) is 11.9. The molecule has 96 valence electrons. The predicted octanol–water partition coefficient (Wildman–Crippen LogP) is 3.92. The van der Waals surface area contributed by atoms with Gasteiger partial charge in [0.1, 0.15) is 5.78 Å². The molecule has 3 rings (SSSR count). The number of ketones is 1. The lowest BCUT2D eigenvalue weighted by Gasteiger charge is -2.39. The Hall–Kier alpha value is -0.330. The molecule has 3 aliphatic carbocycles. The van der Waals surface area contributed by atoms with Crippen molar-refractivity contribution in [1.29, 1.82) is 0 Å². The highest BCUT2D eigenvalue weighted by molar-refractivity contribution is 5.88. The van der Waals surface area contributed by atoms with E-state index in [1.54, 1.807) is 0 Å². The Kier molecular flexibility index (Phi) is 2.18. The van der Waals surface area contributed by atoms with Gasteiger partial charge in [-0.15, -0.1) is 0 Å². The monoisotopic (exact) mass is 234 g/mol. The third-order valence-electron chi connectivity index (χ3n) is 7.02. The molecule has 0 aromatic carbocycles. The van der Waals surface area contributed by atoms with Crippen molar-refractivity contribution in [3.63, 3.8) is 0 Å². The van der Waals surface area contributed by atoms with Crippen molar-refractivity contribution in [1.82, 2.24) is 0 Å². The summed E-state index contributed by atoms with van der Waals surface area (Å²) in [5, 5.41) is 0. The summed E-state index contributed by atoms with van der Waals surface area (Å²) >= 11 is 0. The molecule has 1 nitrogen and oxygen atoms in total. The molecular formula is C16H26O. The molecule has 17 heavy (non-hydrogen) atoms. The molecule has 3 aliphatic rings. The van der Waals surface area contributed by atoms with E-state index in [2.05, 4.69) is 34.6 Å². The predicted molar refractivity (Wildman–Crippen MR) is 69.5 cm³/mol. The van der Waals surface area contributed by atoms with E-state index in [0.29, 0.717) is 29.0 Å². The van der Waals surface area contributed by atoms with Gasteiger partial charge in [-0.1, -0.05) is 34.6 Å². The number of hydrogen-bond acceptors (Lipinski definition) is 1. The Morgan fingerprint density at radius 2 is 1.82 bits per heavy atom. The van der Waals surface area contributed by atoms with Crippen LogP contribution in [0.1, 0.15) is 53.9 Å². The number of carbonyl (C=O) groups is 1. The third-order valence-corrected chi connectivity index (χ3v) is 7.02. The van der Waals surface area contributed by atoms with E-state index in [4.69, 9.17) is 0 Å². The van der Waals surface area contributed by atoms with Gasteiger partial charge in [-0.2, -0.15) is 0 Å². The van der Waals surface area contributed by atoms with Crippen LogP contribution in [0.4, 0.5) is 0 Å². The quantitative estimate of drug-likeness (QED) is 0.621. The molecule has 0 amide bonds. The lowest BCUT2D eigenvalue weighted by molar-refractivity contribution is -0.127. The van der Waals surface area contributed by atoms with Crippen molar-refractivity contribution in [3.8, 4) is 0 Å². The molecule has 0 aliphatic heterocycles. The van der Waals surface area contributed by atoms with Gasteiger partial charge in [-0.25, -0.2) is 0 Å². The van der Waals surface area contributed by atoms with Crippen molar-refractivity contribution in [2.45, 2.75) is 53.9 Å². The maximum Gasteiger partial charge on any atom is 0.140 e. The SMILES string of the molecule is CC1C(=O)[C@H]2C(C)(C)[C@H]3C[C@@]2(CC[C@H]3C)[C@@H]1C. The lowest BCUT2D eigenvalue weighted by atomic mass is 9.65. The Morgan fingerprint density at radius 3 is 2.47 bits per heavy atom. The Bertz CT molecular complexity index is 370. The van der Waals surface area contributed by atoms with E-state index < -0.39 is 0 Å². The van der Waals surface area contributed by atoms with Crippen LogP contribution in [-0.4, -0.2) is 5.78 Å². The molecule has 2 bridgehead atoms. The van der Waals surface area contributed by atoms with Crippen LogP contribution in [0.3, 0.4) is 0 Å². The zero-order valence-corrected chi connectivity index (χ0v) is 11.9. The summed E-state index contributed by atoms with van der Waals surface area (Å²) in [4.78, 5) is 12.7. The van der Waals surface area contributed by atoms with Crippen LogP contribution in [0.15, 0.2) is 0 Å². The maximum atomic E-state index is 12.7. The van der Waals surface area contributed by atoms with Gasteiger partial charge >= 0.3 is 0 Å². The number of carbonyl (C=O) groups excluding carboxylic acids is 1. The Balaban J connectivity index is 2.12. The van der Waals surface area contributed by atoms with Gasteiger partial charge in [0.05, 0.1) is 0 Å². The third kappa shape index (κ3) is 1.14. The minimum Gasteiger partial charge on any atom is -0.299 e. The van der Waals surface area contributed by atoms with Gasteiger partial charge in [0.2, 0.25) is 0 Å². The molecule has 0 aromatic heterocycles.